The maximum atomic E-state index is 12.3. The molecule has 0 aromatic carbocycles. The lowest BCUT2D eigenvalue weighted by atomic mass is 9.82. The van der Waals surface area contributed by atoms with E-state index < -0.39 is 17.5 Å². The predicted octanol–water partition coefficient (Wildman–Crippen LogP) is -0.447. The number of hydrogen-bond acceptors (Lipinski definition) is 6. The summed E-state index contributed by atoms with van der Waals surface area (Å²) in [6, 6.07) is -0.430. The SMILES string of the molecule is NNOC(=O)CCN1C(=O)NC2(CCCCC2)C1=O. The van der Waals surface area contributed by atoms with E-state index in [-0.39, 0.29) is 18.9 Å². The summed E-state index contributed by atoms with van der Waals surface area (Å²) in [4.78, 5) is 40.7. The molecule has 0 unspecified atom stereocenters. The number of nitrogens with one attached hydrogen (secondary N) is 2. The van der Waals surface area contributed by atoms with Gasteiger partial charge in [-0.05, 0) is 12.8 Å². The first-order chi connectivity index (χ1) is 9.09. The first kappa shape index (κ1) is 13.8. The van der Waals surface area contributed by atoms with Crippen molar-refractivity contribution in [3.63, 3.8) is 0 Å². The minimum Gasteiger partial charge on any atom is -0.356 e. The molecule has 1 aliphatic carbocycles. The summed E-state index contributed by atoms with van der Waals surface area (Å²) >= 11 is 0. The van der Waals surface area contributed by atoms with Crippen molar-refractivity contribution in [2.45, 2.75) is 44.1 Å². The van der Waals surface area contributed by atoms with Crippen LogP contribution in [-0.2, 0) is 14.4 Å². The van der Waals surface area contributed by atoms with Gasteiger partial charge in [-0.25, -0.2) is 10.6 Å². The van der Waals surface area contributed by atoms with Crippen molar-refractivity contribution in [2.75, 3.05) is 6.54 Å². The zero-order valence-corrected chi connectivity index (χ0v) is 10.6. The Bertz CT molecular complexity index is 392. The molecule has 0 aromatic rings. The standard InChI is InChI=1S/C11H18N4O4/c12-14-19-8(16)4-7-15-9(17)11(13-10(15)18)5-2-1-3-6-11/h14H,1-7,12H2,(H,13,18). The minimum atomic E-state index is -0.745. The molecule has 3 amide bonds. The molecule has 8 nitrogen and oxygen atoms in total. The summed E-state index contributed by atoms with van der Waals surface area (Å²) < 4.78 is 0. The molecule has 19 heavy (non-hydrogen) atoms. The summed E-state index contributed by atoms with van der Waals surface area (Å²) in [7, 11) is 0. The smallest absolute Gasteiger partial charge is 0.328 e. The number of urea groups is 1. The van der Waals surface area contributed by atoms with E-state index in [9.17, 15) is 14.4 Å². The summed E-state index contributed by atoms with van der Waals surface area (Å²) in [5.41, 5.74) is 1.02. The zero-order valence-electron chi connectivity index (χ0n) is 10.6. The molecule has 1 saturated carbocycles. The first-order valence-corrected chi connectivity index (χ1v) is 6.38. The summed E-state index contributed by atoms with van der Waals surface area (Å²) in [6.07, 6.45) is 4.20. The van der Waals surface area contributed by atoms with E-state index in [1.54, 1.807) is 5.59 Å². The van der Waals surface area contributed by atoms with Crippen molar-refractivity contribution in [1.29, 1.82) is 0 Å². The number of hydrazine groups is 1. The van der Waals surface area contributed by atoms with Gasteiger partial charge in [-0.15, -0.1) is 0 Å². The monoisotopic (exact) mass is 270 g/mol. The normalized spacial score (nSPS) is 21.6. The average Bonchev–Trinajstić information content (AvgIpc) is 2.60. The molecule has 1 saturated heterocycles. The molecule has 4 N–H and O–H groups in total. The van der Waals surface area contributed by atoms with Crippen LogP contribution in [0, 0.1) is 0 Å². The van der Waals surface area contributed by atoms with E-state index in [0.717, 1.165) is 24.2 Å². The topological polar surface area (TPSA) is 114 Å². The van der Waals surface area contributed by atoms with Crippen LogP contribution in [0.1, 0.15) is 38.5 Å². The third-order valence-electron chi connectivity index (χ3n) is 3.67. The molecule has 2 aliphatic rings. The Morgan fingerprint density at radius 3 is 2.68 bits per heavy atom. The van der Waals surface area contributed by atoms with Crippen molar-refractivity contribution in [2.24, 2.45) is 5.84 Å². The highest BCUT2D eigenvalue weighted by Crippen LogP contribution is 2.33. The van der Waals surface area contributed by atoms with E-state index in [2.05, 4.69) is 10.2 Å². The Balaban J connectivity index is 1.96. The molecular weight excluding hydrogens is 252 g/mol. The Labute approximate surface area is 110 Å². The van der Waals surface area contributed by atoms with Gasteiger partial charge in [0, 0.05) is 6.54 Å². The van der Waals surface area contributed by atoms with Crippen molar-refractivity contribution in [1.82, 2.24) is 15.8 Å². The highest BCUT2D eigenvalue weighted by Gasteiger charge is 2.51. The van der Waals surface area contributed by atoms with Gasteiger partial charge >= 0.3 is 12.0 Å². The minimum absolute atomic E-state index is 0.00687. The van der Waals surface area contributed by atoms with Crippen molar-refractivity contribution in [3.8, 4) is 0 Å². The van der Waals surface area contributed by atoms with Gasteiger partial charge in [0.15, 0.2) is 0 Å². The van der Waals surface area contributed by atoms with E-state index in [1.807, 2.05) is 0 Å². The van der Waals surface area contributed by atoms with E-state index >= 15 is 0 Å². The fourth-order valence-electron chi connectivity index (χ4n) is 2.69. The van der Waals surface area contributed by atoms with Crippen LogP contribution in [0.5, 0.6) is 0 Å². The van der Waals surface area contributed by atoms with Crippen LogP contribution in [0.25, 0.3) is 0 Å². The molecule has 0 atom stereocenters. The molecule has 1 heterocycles. The zero-order chi connectivity index (χ0) is 13.9. The molecule has 2 fully saturated rings. The lowest BCUT2D eigenvalue weighted by molar-refractivity contribution is -0.151. The molecule has 0 bridgehead atoms. The highest BCUT2D eigenvalue weighted by molar-refractivity contribution is 6.07. The second-order valence-electron chi connectivity index (χ2n) is 4.87. The van der Waals surface area contributed by atoms with Gasteiger partial charge in [0.25, 0.3) is 5.91 Å². The van der Waals surface area contributed by atoms with Crippen LogP contribution in [0.15, 0.2) is 0 Å². The first-order valence-electron chi connectivity index (χ1n) is 6.38. The van der Waals surface area contributed by atoms with Gasteiger partial charge in [-0.3, -0.25) is 14.5 Å². The molecule has 1 aliphatic heterocycles. The van der Waals surface area contributed by atoms with E-state index in [4.69, 9.17) is 5.84 Å². The third-order valence-corrected chi connectivity index (χ3v) is 3.67. The number of imide groups is 1. The Kier molecular flexibility index (Phi) is 4.01. The third kappa shape index (κ3) is 2.69. The Morgan fingerprint density at radius 1 is 1.37 bits per heavy atom. The second-order valence-corrected chi connectivity index (χ2v) is 4.87. The molecule has 1 spiro atoms. The van der Waals surface area contributed by atoms with Crippen LogP contribution in [0.2, 0.25) is 0 Å². The van der Waals surface area contributed by atoms with E-state index in [0.29, 0.717) is 12.8 Å². The number of carbonyl (C=O) groups excluding carboxylic acids is 3. The molecule has 2 rings (SSSR count). The van der Waals surface area contributed by atoms with Crippen molar-refractivity contribution >= 4 is 17.9 Å². The molecule has 106 valence electrons. The molecule has 8 heteroatoms. The summed E-state index contributed by atoms with van der Waals surface area (Å²) in [6.45, 7) is 0.00687. The summed E-state index contributed by atoms with van der Waals surface area (Å²) in [5.74, 6) is 3.98. The summed E-state index contributed by atoms with van der Waals surface area (Å²) in [5, 5.41) is 2.77. The number of nitrogens with two attached hydrogens (primary N) is 1. The van der Waals surface area contributed by atoms with Gasteiger partial charge in [-0.2, -0.15) is 0 Å². The van der Waals surface area contributed by atoms with Crippen molar-refractivity contribution in [3.05, 3.63) is 0 Å². The maximum absolute atomic E-state index is 12.3. The predicted molar refractivity (Wildman–Crippen MR) is 64.1 cm³/mol. The number of nitrogens with zero attached hydrogens (tertiary/aromatic N) is 1. The van der Waals surface area contributed by atoms with Crippen LogP contribution < -0.4 is 16.7 Å². The maximum Gasteiger partial charge on any atom is 0.328 e. The molecule has 0 aromatic heterocycles. The largest absolute Gasteiger partial charge is 0.356 e. The quantitative estimate of drug-likeness (QED) is 0.362. The Morgan fingerprint density at radius 2 is 2.05 bits per heavy atom. The van der Waals surface area contributed by atoms with Gasteiger partial charge in [0.2, 0.25) is 0 Å². The molecular formula is C11H18N4O4. The van der Waals surface area contributed by atoms with Crippen LogP contribution >= 0.6 is 0 Å². The van der Waals surface area contributed by atoms with Gasteiger partial charge < -0.3 is 10.2 Å². The van der Waals surface area contributed by atoms with Gasteiger partial charge in [-0.1, -0.05) is 24.9 Å². The van der Waals surface area contributed by atoms with Crippen molar-refractivity contribution < 1.29 is 19.2 Å². The van der Waals surface area contributed by atoms with Crippen LogP contribution in [0.4, 0.5) is 4.79 Å². The number of amides is 3. The average molecular weight is 270 g/mol. The van der Waals surface area contributed by atoms with Gasteiger partial charge in [0.1, 0.15) is 5.54 Å². The van der Waals surface area contributed by atoms with Gasteiger partial charge in [0.05, 0.1) is 6.42 Å². The molecule has 0 radical (unpaired) electrons. The fraction of sp³-hybridized carbons (Fsp3) is 0.727. The highest BCUT2D eigenvalue weighted by atomic mass is 16.7. The Hall–Kier alpha value is -1.67. The number of carbonyl (C=O) groups is 3. The van der Waals surface area contributed by atoms with E-state index in [1.165, 1.54) is 0 Å². The lowest BCUT2D eigenvalue weighted by Crippen LogP contribution is -2.48. The number of hydrogen-bond donors (Lipinski definition) is 3. The lowest BCUT2D eigenvalue weighted by Gasteiger charge is -2.30. The fourth-order valence-corrected chi connectivity index (χ4v) is 2.69. The number of rotatable bonds is 4. The van der Waals surface area contributed by atoms with Crippen LogP contribution in [0.3, 0.4) is 0 Å². The second kappa shape index (κ2) is 5.54. The van der Waals surface area contributed by atoms with Crippen LogP contribution in [-0.4, -0.2) is 34.9 Å².